The summed E-state index contributed by atoms with van der Waals surface area (Å²) in [6, 6.07) is 5.92. The van der Waals surface area contributed by atoms with Crippen molar-refractivity contribution in [3.63, 3.8) is 0 Å². The summed E-state index contributed by atoms with van der Waals surface area (Å²) >= 11 is 5.46. The molecule has 1 aromatic heterocycles. The highest BCUT2D eigenvalue weighted by Crippen LogP contribution is 2.35. The first-order chi connectivity index (χ1) is 9.26. The van der Waals surface area contributed by atoms with Gasteiger partial charge in [0.15, 0.2) is 0 Å². The van der Waals surface area contributed by atoms with Crippen LogP contribution < -0.4 is 5.32 Å². The summed E-state index contributed by atoms with van der Waals surface area (Å²) in [5, 5.41) is 3.79. The van der Waals surface area contributed by atoms with Crippen molar-refractivity contribution >= 4 is 27.3 Å². The number of rotatable bonds is 5. The van der Waals surface area contributed by atoms with Crippen LogP contribution in [0.1, 0.15) is 37.5 Å². The lowest BCUT2D eigenvalue weighted by molar-refractivity contribution is 0.109. The fraction of sp³-hybridized carbons (Fsp3) is 0.733. The van der Waals surface area contributed by atoms with Crippen molar-refractivity contribution in [3.05, 3.63) is 20.8 Å². The Morgan fingerprint density at radius 2 is 2.26 bits per heavy atom. The van der Waals surface area contributed by atoms with Crippen LogP contribution >= 0.6 is 27.3 Å². The van der Waals surface area contributed by atoms with Crippen molar-refractivity contribution in [1.82, 2.24) is 10.2 Å². The molecule has 0 bridgehead atoms. The average molecular weight is 343 g/mol. The normalized spacial score (nSPS) is 28.7. The van der Waals surface area contributed by atoms with Gasteiger partial charge in [0.05, 0.1) is 3.79 Å². The van der Waals surface area contributed by atoms with E-state index in [-0.39, 0.29) is 0 Å². The maximum absolute atomic E-state index is 3.79. The van der Waals surface area contributed by atoms with E-state index in [1.807, 2.05) is 11.3 Å². The Labute approximate surface area is 128 Å². The van der Waals surface area contributed by atoms with E-state index in [9.17, 15) is 0 Å². The fourth-order valence-electron chi connectivity index (χ4n) is 3.15. The van der Waals surface area contributed by atoms with Gasteiger partial charge in [-0.15, -0.1) is 11.3 Å². The van der Waals surface area contributed by atoms with Gasteiger partial charge in [0.2, 0.25) is 0 Å². The molecule has 4 heteroatoms. The molecule has 106 valence electrons. The Kier molecular flexibility index (Phi) is 4.62. The van der Waals surface area contributed by atoms with Crippen molar-refractivity contribution in [2.45, 2.75) is 51.2 Å². The van der Waals surface area contributed by atoms with Gasteiger partial charge >= 0.3 is 0 Å². The number of halogens is 1. The largest absolute Gasteiger partial charge is 0.311 e. The molecule has 1 aliphatic carbocycles. The highest BCUT2D eigenvalue weighted by molar-refractivity contribution is 9.11. The molecule has 0 aromatic carbocycles. The molecule has 1 saturated carbocycles. The van der Waals surface area contributed by atoms with Crippen LogP contribution in [0.4, 0.5) is 0 Å². The van der Waals surface area contributed by atoms with Crippen LogP contribution in [0.2, 0.25) is 0 Å². The van der Waals surface area contributed by atoms with Crippen molar-refractivity contribution in [2.75, 3.05) is 13.1 Å². The number of nitrogens with one attached hydrogen (secondary N) is 1. The minimum absolute atomic E-state index is 0.723. The van der Waals surface area contributed by atoms with E-state index >= 15 is 0 Å². The van der Waals surface area contributed by atoms with Gasteiger partial charge in [0, 0.05) is 36.6 Å². The second-order valence-electron chi connectivity index (χ2n) is 5.93. The van der Waals surface area contributed by atoms with E-state index in [4.69, 9.17) is 0 Å². The minimum Gasteiger partial charge on any atom is -0.311 e. The number of hydrogen-bond donors (Lipinski definition) is 1. The maximum atomic E-state index is 3.79. The summed E-state index contributed by atoms with van der Waals surface area (Å²) in [6.45, 7) is 5.85. The van der Waals surface area contributed by atoms with E-state index in [0.717, 1.165) is 24.5 Å². The first-order valence-corrected chi connectivity index (χ1v) is 9.09. The smallest absolute Gasteiger partial charge is 0.0701 e. The van der Waals surface area contributed by atoms with Gasteiger partial charge in [-0.2, -0.15) is 0 Å². The Morgan fingerprint density at radius 3 is 2.89 bits per heavy atom. The van der Waals surface area contributed by atoms with Crippen LogP contribution in [0.15, 0.2) is 15.9 Å². The molecule has 2 heterocycles. The molecule has 1 aromatic rings. The van der Waals surface area contributed by atoms with E-state index in [1.165, 1.54) is 47.4 Å². The first kappa shape index (κ1) is 14.1. The number of piperazine rings is 1. The van der Waals surface area contributed by atoms with E-state index in [2.05, 4.69) is 45.2 Å². The summed E-state index contributed by atoms with van der Waals surface area (Å²) in [6.07, 6.45) is 5.48. The molecule has 19 heavy (non-hydrogen) atoms. The molecule has 2 unspecified atom stereocenters. The Bertz CT molecular complexity index is 416. The summed E-state index contributed by atoms with van der Waals surface area (Å²) in [5.41, 5.74) is 0. The van der Waals surface area contributed by atoms with Gasteiger partial charge in [-0.3, -0.25) is 4.90 Å². The van der Waals surface area contributed by atoms with E-state index < -0.39 is 0 Å². The molecular weight excluding hydrogens is 320 g/mol. The zero-order valence-electron chi connectivity index (χ0n) is 11.6. The molecule has 1 aliphatic heterocycles. The molecule has 2 atom stereocenters. The minimum atomic E-state index is 0.723. The second-order valence-corrected chi connectivity index (χ2v) is 8.48. The molecule has 2 nitrogen and oxygen atoms in total. The first-order valence-electron chi connectivity index (χ1n) is 7.48. The predicted octanol–water partition coefficient (Wildman–Crippen LogP) is 3.86. The molecular formula is C15H23BrN2S. The Balaban J connectivity index is 1.65. The van der Waals surface area contributed by atoms with Gasteiger partial charge < -0.3 is 5.32 Å². The van der Waals surface area contributed by atoms with Crippen LogP contribution in [0.3, 0.4) is 0 Å². The molecule has 3 rings (SSSR count). The van der Waals surface area contributed by atoms with Gasteiger partial charge in [-0.25, -0.2) is 0 Å². The van der Waals surface area contributed by atoms with Crippen molar-refractivity contribution < 1.29 is 0 Å². The van der Waals surface area contributed by atoms with E-state index in [1.54, 1.807) is 0 Å². The van der Waals surface area contributed by atoms with Gasteiger partial charge in [-0.1, -0.05) is 13.3 Å². The number of nitrogens with zero attached hydrogens (tertiary/aromatic N) is 1. The zero-order valence-corrected chi connectivity index (χ0v) is 14.0. The zero-order chi connectivity index (χ0) is 13.2. The van der Waals surface area contributed by atoms with Crippen molar-refractivity contribution in [3.8, 4) is 0 Å². The van der Waals surface area contributed by atoms with Crippen molar-refractivity contribution in [2.24, 2.45) is 5.92 Å². The lowest BCUT2D eigenvalue weighted by atomic mass is 10.0. The monoisotopic (exact) mass is 342 g/mol. The van der Waals surface area contributed by atoms with Gasteiger partial charge in [0.1, 0.15) is 0 Å². The average Bonchev–Trinajstić information content (AvgIpc) is 3.16. The summed E-state index contributed by atoms with van der Waals surface area (Å²) in [7, 11) is 0. The Hall–Kier alpha value is 0.1000. The third-order valence-electron chi connectivity index (χ3n) is 4.36. The number of hydrogen-bond acceptors (Lipinski definition) is 3. The highest BCUT2D eigenvalue weighted by Gasteiger charge is 2.36. The molecule has 2 aliphatic rings. The van der Waals surface area contributed by atoms with Crippen LogP contribution in [-0.4, -0.2) is 30.1 Å². The van der Waals surface area contributed by atoms with Gasteiger partial charge in [-0.05, 0) is 53.2 Å². The quantitative estimate of drug-likeness (QED) is 0.873. The van der Waals surface area contributed by atoms with Crippen LogP contribution in [0, 0.1) is 5.92 Å². The Morgan fingerprint density at radius 1 is 1.42 bits per heavy atom. The molecule has 0 radical (unpaired) electrons. The predicted molar refractivity (Wildman–Crippen MR) is 85.6 cm³/mol. The highest BCUT2D eigenvalue weighted by atomic mass is 79.9. The van der Waals surface area contributed by atoms with Crippen LogP contribution in [0.5, 0.6) is 0 Å². The fourth-order valence-corrected chi connectivity index (χ4v) is 4.65. The molecule has 2 fully saturated rings. The van der Waals surface area contributed by atoms with E-state index in [0.29, 0.717) is 0 Å². The molecule has 0 spiro atoms. The molecule has 1 N–H and O–H groups in total. The third kappa shape index (κ3) is 3.60. The topological polar surface area (TPSA) is 15.3 Å². The maximum Gasteiger partial charge on any atom is 0.0701 e. The molecule has 0 amide bonds. The second kappa shape index (κ2) is 6.25. The summed E-state index contributed by atoms with van der Waals surface area (Å²) in [5.74, 6) is 0.958. The lowest BCUT2D eigenvalue weighted by Gasteiger charge is -2.40. The van der Waals surface area contributed by atoms with Crippen molar-refractivity contribution in [1.29, 1.82) is 0 Å². The lowest BCUT2D eigenvalue weighted by Crippen LogP contribution is -2.56. The summed E-state index contributed by atoms with van der Waals surface area (Å²) in [4.78, 5) is 4.21. The third-order valence-corrected chi connectivity index (χ3v) is 5.97. The standard InChI is InChI=1S/C15H23BrN2S/c1-2-3-12-8-17-14(11-4-5-11)10-18(12)9-13-6-7-15(16)19-13/h6-7,11-12,14,17H,2-5,8-10H2,1H3. The molecule has 1 saturated heterocycles. The van der Waals surface area contributed by atoms with Gasteiger partial charge in [0.25, 0.3) is 0 Å². The van der Waals surface area contributed by atoms with Crippen LogP contribution in [0.25, 0.3) is 0 Å². The SMILES string of the molecule is CCCC1CNC(C2CC2)CN1Cc1ccc(Br)s1. The van der Waals surface area contributed by atoms with Crippen LogP contribution in [-0.2, 0) is 6.54 Å². The number of thiophene rings is 1. The summed E-state index contributed by atoms with van der Waals surface area (Å²) < 4.78 is 1.25.